The fourth-order valence-corrected chi connectivity index (χ4v) is 1.74. The van der Waals surface area contributed by atoms with Crippen molar-refractivity contribution in [3.05, 3.63) is 53.2 Å². The number of thiocarbonyl (C=S) groups is 1. The lowest BCUT2D eigenvalue weighted by Crippen LogP contribution is -2.23. The van der Waals surface area contributed by atoms with Gasteiger partial charge in [0.15, 0.2) is 6.39 Å². The number of nitrogens with zero attached hydrogens (tertiary/aromatic N) is 1. The Morgan fingerprint density at radius 1 is 1.53 bits per heavy atom. The Hall–Kier alpha value is -2.21. The molecule has 3 N–H and O–H groups in total. The molecule has 0 radical (unpaired) electrons. The van der Waals surface area contributed by atoms with Gasteiger partial charge >= 0.3 is 0 Å². The van der Waals surface area contributed by atoms with Crippen LogP contribution in [0.2, 0.25) is 0 Å². The van der Waals surface area contributed by atoms with Gasteiger partial charge in [-0.25, -0.2) is 4.98 Å². The summed E-state index contributed by atoms with van der Waals surface area (Å²) in [6, 6.07) is 7.40. The summed E-state index contributed by atoms with van der Waals surface area (Å²) in [4.78, 5) is 16.0. The van der Waals surface area contributed by atoms with Gasteiger partial charge < -0.3 is 15.5 Å². The van der Waals surface area contributed by atoms with Crippen molar-refractivity contribution in [2.24, 2.45) is 5.73 Å². The van der Waals surface area contributed by atoms with Gasteiger partial charge in [-0.3, -0.25) is 4.79 Å². The highest BCUT2D eigenvalue weighted by atomic mass is 32.1. The van der Waals surface area contributed by atoms with Crippen LogP contribution in [0.4, 0.5) is 0 Å². The third-order valence-corrected chi connectivity index (χ3v) is 2.85. The van der Waals surface area contributed by atoms with Crippen molar-refractivity contribution in [3.63, 3.8) is 0 Å². The lowest BCUT2D eigenvalue weighted by molar-refractivity contribution is 0.0922. The summed E-state index contributed by atoms with van der Waals surface area (Å²) in [6.07, 6.45) is 1.25. The van der Waals surface area contributed by atoms with E-state index in [1.165, 1.54) is 6.39 Å². The molecule has 6 heteroatoms. The molecule has 98 valence electrons. The van der Waals surface area contributed by atoms with E-state index in [2.05, 4.69) is 10.3 Å². The molecule has 0 aliphatic rings. The number of aryl methyl sites for hydroxylation is 1. The lowest BCUT2D eigenvalue weighted by Gasteiger charge is -2.05. The summed E-state index contributed by atoms with van der Waals surface area (Å²) in [5.41, 5.74) is 7.81. The Kier molecular flexibility index (Phi) is 3.91. The smallest absolute Gasteiger partial charge is 0.289 e. The maximum absolute atomic E-state index is 11.8. The summed E-state index contributed by atoms with van der Waals surface area (Å²) in [6.45, 7) is 2.08. The Labute approximate surface area is 115 Å². The summed E-state index contributed by atoms with van der Waals surface area (Å²) < 4.78 is 5.01. The number of hydrogen-bond donors (Lipinski definition) is 2. The van der Waals surface area contributed by atoms with Gasteiger partial charge in [0.2, 0.25) is 5.76 Å². The molecule has 1 aromatic carbocycles. The van der Waals surface area contributed by atoms with Crippen LogP contribution in [0.15, 0.2) is 35.1 Å². The van der Waals surface area contributed by atoms with Crippen molar-refractivity contribution in [2.75, 3.05) is 0 Å². The Balaban J connectivity index is 2.03. The van der Waals surface area contributed by atoms with Crippen LogP contribution in [0, 0.1) is 6.92 Å². The highest BCUT2D eigenvalue weighted by Gasteiger charge is 2.13. The molecule has 1 aromatic heterocycles. The van der Waals surface area contributed by atoms with Crippen molar-refractivity contribution >= 4 is 23.1 Å². The molecule has 0 saturated carbocycles. The number of oxazole rings is 1. The molecule has 0 fully saturated rings. The second-order valence-electron chi connectivity index (χ2n) is 4.01. The Morgan fingerprint density at radius 3 is 2.95 bits per heavy atom. The molecule has 0 aliphatic heterocycles. The number of amides is 1. The van der Waals surface area contributed by atoms with Gasteiger partial charge in [0.25, 0.3) is 5.91 Å². The number of nitrogens with one attached hydrogen (secondary N) is 1. The normalized spacial score (nSPS) is 10.2. The van der Waals surface area contributed by atoms with Gasteiger partial charge in [0.05, 0.1) is 5.69 Å². The van der Waals surface area contributed by atoms with E-state index in [1.807, 2.05) is 24.3 Å². The van der Waals surface area contributed by atoms with Crippen molar-refractivity contribution in [2.45, 2.75) is 13.5 Å². The molecular formula is C13H13N3O2S. The molecule has 2 rings (SSSR count). The number of benzene rings is 1. The number of carbonyl (C=O) groups is 1. The second-order valence-corrected chi connectivity index (χ2v) is 4.45. The maximum atomic E-state index is 11.8. The summed E-state index contributed by atoms with van der Waals surface area (Å²) in [7, 11) is 0. The van der Waals surface area contributed by atoms with Crippen LogP contribution in [0.5, 0.6) is 0 Å². The largest absolute Gasteiger partial charge is 0.438 e. The van der Waals surface area contributed by atoms with E-state index in [0.29, 0.717) is 17.2 Å². The number of hydrogen-bond acceptors (Lipinski definition) is 4. The van der Waals surface area contributed by atoms with Crippen LogP contribution in [0.1, 0.15) is 27.4 Å². The van der Waals surface area contributed by atoms with Gasteiger partial charge in [0.1, 0.15) is 4.99 Å². The number of carbonyl (C=O) groups excluding carboxylic acids is 1. The number of rotatable bonds is 4. The van der Waals surface area contributed by atoms with E-state index >= 15 is 0 Å². The third kappa shape index (κ3) is 3.17. The second kappa shape index (κ2) is 5.62. The van der Waals surface area contributed by atoms with Crippen LogP contribution in [-0.4, -0.2) is 15.9 Å². The monoisotopic (exact) mass is 275 g/mol. The van der Waals surface area contributed by atoms with Crippen molar-refractivity contribution in [1.29, 1.82) is 0 Å². The zero-order valence-corrected chi connectivity index (χ0v) is 11.2. The van der Waals surface area contributed by atoms with Crippen molar-refractivity contribution in [3.8, 4) is 0 Å². The maximum Gasteiger partial charge on any atom is 0.289 e. The first-order valence-corrected chi connectivity index (χ1v) is 6.06. The van der Waals surface area contributed by atoms with Crippen molar-refractivity contribution in [1.82, 2.24) is 10.3 Å². The molecule has 0 atom stereocenters. The predicted octanol–water partition coefficient (Wildman–Crippen LogP) is 1.55. The third-order valence-electron chi connectivity index (χ3n) is 2.62. The summed E-state index contributed by atoms with van der Waals surface area (Å²) in [5.74, 6) is -0.0683. The zero-order valence-electron chi connectivity index (χ0n) is 10.3. The highest BCUT2D eigenvalue weighted by Crippen LogP contribution is 2.07. The Bertz CT molecular complexity index is 622. The molecule has 19 heavy (non-hydrogen) atoms. The standard InChI is InChI=1S/C13H13N3O2S/c1-8-11(18-7-16-8)13(17)15-6-9-3-2-4-10(5-9)12(14)19/h2-5,7H,6H2,1H3,(H2,14,19)(H,15,17). The van der Waals surface area contributed by atoms with E-state index in [0.717, 1.165) is 11.1 Å². The van der Waals surface area contributed by atoms with Gasteiger partial charge in [-0.1, -0.05) is 30.4 Å². The number of nitrogens with two attached hydrogens (primary N) is 1. The quantitative estimate of drug-likeness (QED) is 0.827. The highest BCUT2D eigenvalue weighted by molar-refractivity contribution is 7.80. The number of aromatic nitrogens is 1. The molecule has 2 aromatic rings. The van der Waals surface area contributed by atoms with Crippen molar-refractivity contribution < 1.29 is 9.21 Å². The van der Waals surface area contributed by atoms with Crippen LogP contribution < -0.4 is 11.1 Å². The molecular weight excluding hydrogens is 262 g/mol. The Morgan fingerprint density at radius 2 is 2.32 bits per heavy atom. The molecule has 0 aliphatic carbocycles. The van der Waals surface area contributed by atoms with E-state index in [1.54, 1.807) is 6.92 Å². The summed E-state index contributed by atoms with van der Waals surface area (Å²) in [5, 5.41) is 2.75. The van der Waals surface area contributed by atoms with Gasteiger partial charge in [-0.2, -0.15) is 0 Å². The fourth-order valence-electron chi connectivity index (χ4n) is 1.62. The molecule has 0 bridgehead atoms. The molecule has 0 spiro atoms. The topological polar surface area (TPSA) is 81.2 Å². The van der Waals surface area contributed by atoms with Gasteiger partial charge in [-0.15, -0.1) is 0 Å². The average Bonchev–Trinajstić information content (AvgIpc) is 2.82. The molecule has 0 saturated heterocycles. The van der Waals surface area contributed by atoms with Crippen LogP contribution in [0.25, 0.3) is 0 Å². The zero-order chi connectivity index (χ0) is 13.8. The fraction of sp³-hybridized carbons (Fsp3) is 0.154. The van der Waals surface area contributed by atoms with Gasteiger partial charge in [0, 0.05) is 12.1 Å². The molecule has 0 unspecified atom stereocenters. The van der Waals surface area contributed by atoms with Crippen LogP contribution in [-0.2, 0) is 6.54 Å². The van der Waals surface area contributed by atoms with Crippen LogP contribution in [0.3, 0.4) is 0 Å². The first kappa shape index (κ1) is 13.2. The van der Waals surface area contributed by atoms with E-state index in [4.69, 9.17) is 22.4 Å². The van der Waals surface area contributed by atoms with Crippen LogP contribution >= 0.6 is 12.2 Å². The lowest BCUT2D eigenvalue weighted by atomic mass is 10.1. The van der Waals surface area contributed by atoms with E-state index < -0.39 is 0 Å². The first-order chi connectivity index (χ1) is 9.08. The van der Waals surface area contributed by atoms with Gasteiger partial charge in [-0.05, 0) is 18.6 Å². The molecule has 1 amide bonds. The minimum Gasteiger partial charge on any atom is -0.438 e. The SMILES string of the molecule is Cc1ncoc1C(=O)NCc1cccc(C(N)=S)c1. The van der Waals surface area contributed by atoms with E-state index in [-0.39, 0.29) is 11.7 Å². The summed E-state index contributed by atoms with van der Waals surface area (Å²) >= 11 is 4.91. The minimum atomic E-state index is -0.296. The molecule has 5 nitrogen and oxygen atoms in total. The molecule has 1 heterocycles. The predicted molar refractivity (Wildman–Crippen MR) is 74.7 cm³/mol. The minimum absolute atomic E-state index is 0.227. The first-order valence-electron chi connectivity index (χ1n) is 5.65. The van der Waals surface area contributed by atoms with E-state index in [9.17, 15) is 4.79 Å². The average molecular weight is 275 g/mol.